The van der Waals surface area contributed by atoms with Crippen molar-refractivity contribution in [1.29, 1.82) is 5.26 Å². The first kappa shape index (κ1) is 26.6. The molecule has 12 nitrogen and oxygen atoms in total. The minimum absolute atomic E-state index is 0.0809. The summed E-state index contributed by atoms with van der Waals surface area (Å²) in [5.41, 5.74) is 14.7. The van der Waals surface area contributed by atoms with Gasteiger partial charge in [0.25, 0.3) is 0 Å². The van der Waals surface area contributed by atoms with Gasteiger partial charge in [-0.1, -0.05) is 12.1 Å². The predicted molar refractivity (Wildman–Crippen MR) is 146 cm³/mol. The summed E-state index contributed by atoms with van der Waals surface area (Å²) >= 11 is 0. The minimum Gasteiger partial charge on any atom is -0.366 e. The molecule has 2 fully saturated rings. The quantitative estimate of drug-likeness (QED) is 0.313. The Morgan fingerprint density at radius 1 is 1.10 bits per heavy atom. The number of fused-ring (bicyclic) bond motifs is 3. The SMILES string of the molecule is C[C@@H](CC1(c2nnn[nH]2)c2ccc(C(N)=O)cc2CCc2cc(C(N)=O)ccc21)NCC(=O)N1C(C#N)C[C@@H]2C[C@@H]21. The molecule has 6 rings (SSSR count). The number of rotatable bonds is 8. The molecule has 3 aliphatic rings. The molecule has 1 aromatic heterocycles. The Labute approximate surface area is 236 Å². The molecule has 4 atom stereocenters. The van der Waals surface area contributed by atoms with E-state index in [1.165, 1.54) is 0 Å². The highest BCUT2D eigenvalue weighted by atomic mass is 16.2. The number of hydrogen-bond donors (Lipinski definition) is 4. The summed E-state index contributed by atoms with van der Waals surface area (Å²) in [6, 6.07) is 12.7. The molecular weight excluding hydrogens is 522 g/mol. The zero-order chi connectivity index (χ0) is 28.9. The van der Waals surface area contributed by atoms with Crippen LogP contribution in [0.25, 0.3) is 0 Å². The third kappa shape index (κ3) is 4.52. The van der Waals surface area contributed by atoms with Crippen LogP contribution in [0.3, 0.4) is 0 Å². The fraction of sp³-hybridized carbons (Fsp3) is 0.414. The Bertz CT molecular complexity index is 1510. The largest absolute Gasteiger partial charge is 0.366 e. The molecule has 2 heterocycles. The van der Waals surface area contributed by atoms with E-state index in [4.69, 9.17) is 11.5 Å². The van der Waals surface area contributed by atoms with Gasteiger partial charge in [0.05, 0.1) is 18.0 Å². The number of H-pyrrole nitrogens is 1. The van der Waals surface area contributed by atoms with E-state index < -0.39 is 17.2 Å². The summed E-state index contributed by atoms with van der Waals surface area (Å²) in [5, 5.41) is 28.1. The lowest BCUT2D eigenvalue weighted by atomic mass is 9.67. The van der Waals surface area contributed by atoms with E-state index in [2.05, 4.69) is 32.0 Å². The molecule has 3 amide bonds. The standard InChI is InChI=1S/C29H31N9O3/c1-15(33-14-25(39)38-21(13-30)10-20-11-24(20)38)12-29(28-34-36-37-35-28)22-6-4-18(26(31)40)8-16(22)2-3-17-9-19(27(32)41)5-7-23(17)29/h4-9,15,20-21,24,33H,2-3,10-12,14H2,1H3,(H2,31,40)(H2,32,41)(H,34,35,36,37)/t15-,20+,21?,24-/m0/s1. The number of piperidine rings is 1. The van der Waals surface area contributed by atoms with Crippen molar-refractivity contribution < 1.29 is 14.4 Å². The first-order valence-corrected chi connectivity index (χ1v) is 13.8. The summed E-state index contributed by atoms with van der Waals surface area (Å²) in [4.78, 5) is 39.1. The second-order valence-corrected chi connectivity index (χ2v) is 11.4. The van der Waals surface area contributed by atoms with Gasteiger partial charge in [-0.2, -0.15) is 5.26 Å². The van der Waals surface area contributed by atoms with Gasteiger partial charge in [-0.3, -0.25) is 14.4 Å². The van der Waals surface area contributed by atoms with E-state index in [-0.39, 0.29) is 30.6 Å². The molecule has 1 saturated carbocycles. The zero-order valence-corrected chi connectivity index (χ0v) is 22.6. The van der Waals surface area contributed by atoms with E-state index in [0.29, 0.717) is 42.1 Å². The van der Waals surface area contributed by atoms with Gasteiger partial charge in [-0.15, -0.1) is 5.10 Å². The first-order chi connectivity index (χ1) is 19.7. The van der Waals surface area contributed by atoms with E-state index in [9.17, 15) is 19.6 Å². The number of aromatic nitrogens is 4. The van der Waals surface area contributed by atoms with Gasteiger partial charge in [0.15, 0.2) is 5.82 Å². The number of nitriles is 1. The van der Waals surface area contributed by atoms with Gasteiger partial charge in [-0.05, 0) is 102 Å². The number of carbonyl (C=O) groups is 3. The number of nitrogens with two attached hydrogens (primary N) is 2. The lowest BCUT2D eigenvalue weighted by molar-refractivity contribution is -0.131. The molecule has 2 aromatic carbocycles. The van der Waals surface area contributed by atoms with E-state index in [1.54, 1.807) is 29.2 Å². The minimum atomic E-state index is -0.920. The Hall–Kier alpha value is -4.63. The maximum atomic E-state index is 13.2. The molecule has 3 aromatic rings. The van der Waals surface area contributed by atoms with Gasteiger partial charge >= 0.3 is 0 Å². The van der Waals surface area contributed by atoms with E-state index >= 15 is 0 Å². The highest BCUT2D eigenvalue weighted by molar-refractivity contribution is 5.94. The van der Waals surface area contributed by atoms with Crippen molar-refractivity contribution in [2.45, 2.75) is 62.6 Å². The number of hydrogen-bond acceptors (Lipinski definition) is 8. The molecule has 0 spiro atoms. The second kappa shape index (κ2) is 10.1. The third-order valence-electron chi connectivity index (χ3n) is 8.87. The third-order valence-corrected chi connectivity index (χ3v) is 8.87. The molecule has 12 heteroatoms. The highest BCUT2D eigenvalue weighted by Gasteiger charge is 2.54. The number of aromatic amines is 1. The van der Waals surface area contributed by atoms with Gasteiger partial charge in [0.2, 0.25) is 17.7 Å². The van der Waals surface area contributed by atoms with E-state index in [0.717, 1.165) is 35.1 Å². The highest BCUT2D eigenvalue weighted by Crippen LogP contribution is 2.48. The average molecular weight is 554 g/mol. The van der Waals surface area contributed by atoms with Crippen molar-refractivity contribution in [1.82, 2.24) is 30.8 Å². The van der Waals surface area contributed by atoms with Crippen LogP contribution < -0.4 is 16.8 Å². The normalized spacial score (nSPS) is 22.4. The maximum Gasteiger partial charge on any atom is 0.248 e. The van der Waals surface area contributed by atoms with Crippen LogP contribution in [-0.4, -0.2) is 67.9 Å². The van der Waals surface area contributed by atoms with Crippen LogP contribution in [0.15, 0.2) is 36.4 Å². The molecule has 0 bridgehead atoms. The maximum absolute atomic E-state index is 13.2. The topological polar surface area (TPSA) is 197 Å². The fourth-order valence-corrected chi connectivity index (χ4v) is 6.88. The van der Waals surface area contributed by atoms with Crippen LogP contribution >= 0.6 is 0 Å². The van der Waals surface area contributed by atoms with Gasteiger partial charge in [0, 0.05) is 23.2 Å². The summed E-state index contributed by atoms with van der Waals surface area (Å²) < 4.78 is 0. The number of primary amides is 2. The summed E-state index contributed by atoms with van der Waals surface area (Å²) in [5.74, 6) is -0.200. The number of amides is 3. The van der Waals surface area contributed by atoms with Crippen molar-refractivity contribution in [3.8, 4) is 6.07 Å². The number of likely N-dealkylation sites (tertiary alicyclic amines) is 1. The van der Waals surface area contributed by atoms with Crippen LogP contribution in [0.5, 0.6) is 0 Å². The van der Waals surface area contributed by atoms with Gasteiger partial charge in [-0.25, -0.2) is 5.10 Å². The predicted octanol–water partition coefficient (Wildman–Crippen LogP) is 0.712. The molecule has 210 valence electrons. The fourth-order valence-electron chi connectivity index (χ4n) is 6.88. The molecule has 1 unspecified atom stereocenters. The Morgan fingerprint density at radius 3 is 2.27 bits per heavy atom. The number of benzene rings is 2. The zero-order valence-electron chi connectivity index (χ0n) is 22.6. The average Bonchev–Trinajstić information content (AvgIpc) is 3.35. The molecule has 1 saturated heterocycles. The second-order valence-electron chi connectivity index (χ2n) is 11.4. The first-order valence-electron chi connectivity index (χ1n) is 13.8. The van der Waals surface area contributed by atoms with Crippen molar-refractivity contribution in [3.63, 3.8) is 0 Å². The molecular formula is C29H31N9O3. The lowest BCUT2D eigenvalue weighted by Crippen LogP contribution is -2.46. The number of aryl methyl sites for hydroxylation is 2. The van der Waals surface area contributed by atoms with Crippen LogP contribution in [-0.2, 0) is 23.1 Å². The Morgan fingerprint density at radius 2 is 1.73 bits per heavy atom. The molecule has 6 N–H and O–H groups in total. The summed E-state index contributed by atoms with van der Waals surface area (Å²) in [6.07, 6.45) is 3.33. The Kier molecular flexibility index (Phi) is 6.54. The number of nitrogens with zero attached hydrogens (tertiary/aromatic N) is 5. The lowest BCUT2D eigenvalue weighted by Gasteiger charge is -2.37. The smallest absolute Gasteiger partial charge is 0.248 e. The molecule has 2 aliphatic carbocycles. The van der Waals surface area contributed by atoms with Gasteiger partial charge in [0.1, 0.15) is 6.04 Å². The monoisotopic (exact) mass is 553 g/mol. The van der Waals surface area contributed by atoms with Crippen LogP contribution in [0.4, 0.5) is 0 Å². The van der Waals surface area contributed by atoms with Crippen LogP contribution in [0.1, 0.15) is 75.0 Å². The number of carbonyl (C=O) groups excluding carboxylic acids is 3. The molecule has 0 radical (unpaired) electrons. The number of tetrazole rings is 1. The van der Waals surface area contributed by atoms with Crippen molar-refractivity contribution in [2.24, 2.45) is 17.4 Å². The summed E-state index contributed by atoms with van der Waals surface area (Å²) in [6.45, 7) is 2.08. The van der Waals surface area contributed by atoms with Crippen LogP contribution in [0.2, 0.25) is 0 Å². The van der Waals surface area contributed by atoms with Crippen molar-refractivity contribution in [3.05, 3.63) is 75.6 Å². The molecule has 1 aliphatic heterocycles. The number of nitrogens with one attached hydrogen (secondary N) is 2. The summed E-state index contributed by atoms with van der Waals surface area (Å²) in [7, 11) is 0. The van der Waals surface area contributed by atoms with E-state index in [1.807, 2.05) is 19.1 Å². The van der Waals surface area contributed by atoms with Crippen LogP contribution in [0, 0.1) is 17.2 Å². The van der Waals surface area contributed by atoms with Crippen molar-refractivity contribution in [2.75, 3.05) is 6.54 Å². The molecule has 41 heavy (non-hydrogen) atoms. The van der Waals surface area contributed by atoms with Crippen molar-refractivity contribution >= 4 is 17.7 Å². The van der Waals surface area contributed by atoms with Gasteiger partial charge < -0.3 is 21.7 Å². The Balaban J connectivity index is 1.40.